The third-order valence-corrected chi connectivity index (χ3v) is 3.87. The van der Waals surface area contributed by atoms with E-state index in [4.69, 9.17) is 15.5 Å². The molecular weight excluding hydrogens is 464 g/mol. The Morgan fingerprint density at radius 1 is 1.21 bits per heavy atom. The number of nitriles is 1. The molecule has 178 valence electrons. The maximum atomic E-state index is 13.2. The highest BCUT2D eigenvalue weighted by molar-refractivity contribution is 5.92. The third-order valence-electron chi connectivity index (χ3n) is 3.87. The van der Waals surface area contributed by atoms with E-state index in [-0.39, 0.29) is 24.7 Å². The van der Waals surface area contributed by atoms with E-state index in [1.165, 1.54) is 6.07 Å². The number of alkyl halides is 6. The zero-order chi connectivity index (χ0) is 24.8. The van der Waals surface area contributed by atoms with Crippen LogP contribution in [0, 0.1) is 11.3 Å². The van der Waals surface area contributed by atoms with Crippen molar-refractivity contribution in [3.8, 4) is 6.07 Å². The summed E-state index contributed by atoms with van der Waals surface area (Å²) in [7, 11) is 0. The molecule has 1 aromatic heterocycles. The van der Waals surface area contributed by atoms with Crippen LogP contribution in [0.5, 0.6) is 0 Å². The molecule has 0 saturated carbocycles. The fourth-order valence-electron chi connectivity index (χ4n) is 2.58. The number of primary amides is 1. The summed E-state index contributed by atoms with van der Waals surface area (Å²) in [5, 5.41) is 16.3. The molecule has 10 nitrogen and oxygen atoms in total. The van der Waals surface area contributed by atoms with Gasteiger partial charge in [0.05, 0.1) is 23.7 Å². The first-order chi connectivity index (χ1) is 15.3. The number of halogens is 6. The molecule has 0 aliphatic carbocycles. The number of hydrogen-bond acceptors (Lipinski definition) is 7. The molecule has 0 atom stereocenters. The quantitative estimate of drug-likeness (QED) is 0.516. The van der Waals surface area contributed by atoms with Crippen molar-refractivity contribution >= 4 is 17.7 Å². The summed E-state index contributed by atoms with van der Waals surface area (Å²) < 4.78 is 83.6. The Kier molecular flexibility index (Phi) is 7.69. The minimum absolute atomic E-state index is 0.0620. The second-order valence-corrected chi connectivity index (χ2v) is 6.41. The van der Waals surface area contributed by atoms with E-state index in [9.17, 15) is 35.9 Å². The molecule has 0 radical (unpaired) electrons. The van der Waals surface area contributed by atoms with Gasteiger partial charge in [-0.05, 0) is 18.2 Å². The fourth-order valence-corrected chi connectivity index (χ4v) is 2.58. The smallest absolute Gasteiger partial charge is 0.355 e. The van der Waals surface area contributed by atoms with Gasteiger partial charge in [-0.25, -0.2) is 9.59 Å². The summed E-state index contributed by atoms with van der Waals surface area (Å²) in [6.07, 6.45) is -9.80. The summed E-state index contributed by atoms with van der Waals surface area (Å²) in [5.41, 5.74) is 2.16. The number of imide groups is 1. The molecule has 0 spiro atoms. The molecule has 2 rings (SSSR count). The lowest BCUT2D eigenvalue weighted by Crippen LogP contribution is -2.42. The van der Waals surface area contributed by atoms with Gasteiger partial charge >= 0.3 is 24.4 Å². The first-order valence-electron chi connectivity index (χ1n) is 8.87. The summed E-state index contributed by atoms with van der Waals surface area (Å²) in [4.78, 5) is 26.1. The van der Waals surface area contributed by atoms with Crippen LogP contribution < -0.4 is 21.3 Å². The molecule has 0 saturated heterocycles. The van der Waals surface area contributed by atoms with Crippen LogP contribution in [-0.2, 0) is 19.1 Å². The number of benzene rings is 1. The highest BCUT2D eigenvalue weighted by Gasteiger charge is 2.36. The van der Waals surface area contributed by atoms with E-state index in [1.807, 2.05) is 0 Å². The van der Waals surface area contributed by atoms with Gasteiger partial charge in [0.25, 0.3) is 0 Å². The van der Waals surface area contributed by atoms with Crippen LogP contribution in [0.15, 0.2) is 22.7 Å². The Morgan fingerprint density at radius 2 is 1.91 bits per heavy atom. The Hall–Kier alpha value is -4.03. The van der Waals surface area contributed by atoms with Crippen molar-refractivity contribution in [1.29, 1.82) is 5.26 Å². The van der Waals surface area contributed by atoms with E-state index in [2.05, 4.69) is 15.5 Å². The molecule has 0 aliphatic heterocycles. The number of anilines is 1. The van der Waals surface area contributed by atoms with Gasteiger partial charge in [-0.1, -0.05) is 5.16 Å². The van der Waals surface area contributed by atoms with Crippen molar-refractivity contribution < 1.29 is 40.5 Å². The molecular formula is C17H15F6N7O3. The first kappa shape index (κ1) is 25.2. The van der Waals surface area contributed by atoms with Crippen LogP contribution in [-0.4, -0.2) is 41.5 Å². The lowest BCUT2D eigenvalue weighted by atomic mass is 10.1. The molecule has 4 N–H and O–H groups in total. The van der Waals surface area contributed by atoms with Gasteiger partial charge in [0.2, 0.25) is 5.89 Å². The number of nitrogens with two attached hydrogens (primary N) is 1. The number of urea groups is 2. The van der Waals surface area contributed by atoms with Gasteiger partial charge in [-0.15, -0.1) is 0 Å². The molecule has 0 bridgehead atoms. The number of carbonyl (C=O) groups is 2. The van der Waals surface area contributed by atoms with Crippen molar-refractivity contribution in [2.45, 2.75) is 25.3 Å². The lowest BCUT2D eigenvalue weighted by Gasteiger charge is -2.25. The molecule has 4 amide bonds. The molecule has 2 aromatic rings. The third kappa shape index (κ3) is 7.87. The van der Waals surface area contributed by atoms with Crippen LogP contribution in [0.25, 0.3) is 0 Å². The molecule has 0 fully saturated rings. The van der Waals surface area contributed by atoms with Gasteiger partial charge in [0, 0.05) is 18.7 Å². The standard InChI is InChI=1S/C17H15F6N7O3/c18-16(19,20)8-30(10-2-1-9(6-24)11(5-10)17(21,22)23)7-12-27-13(33-29-12)3-4-26-15(32)28-14(25)31/h1-2,5H,3-4,7-8H2,(H4,25,26,28,31,32). The summed E-state index contributed by atoms with van der Waals surface area (Å²) in [5.74, 6) is -0.360. The zero-order valence-corrected chi connectivity index (χ0v) is 16.4. The van der Waals surface area contributed by atoms with E-state index < -0.39 is 54.3 Å². The number of rotatable bonds is 7. The van der Waals surface area contributed by atoms with Crippen molar-refractivity contribution in [3.63, 3.8) is 0 Å². The normalized spacial score (nSPS) is 11.5. The molecule has 0 unspecified atom stereocenters. The van der Waals surface area contributed by atoms with Gasteiger partial charge in [0.15, 0.2) is 5.82 Å². The monoisotopic (exact) mass is 479 g/mol. The maximum Gasteiger partial charge on any atom is 0.417 e. The average Bonchev–Trinajstić information content (AvgIpc) is 3.12. The van der Waals surface area contributed by atoms with E-state index >= 15 is 0 Å². The largest absolute Gasteiger partial charge is 0.417 e. The number of hydrogen-bond donors (Lipinski definition) is 3. The number of nitrogens with zero attached hydrogens (tertiary/aromatic N) is 4. The Bertz CT molecular complexity index is 1040. The molecule has 16 heteroatoms. The second-order valence-electron chi connectivity index (χ2n) is 6.41. The van der Waals surface area contributed by atoms with Crippen LogP contribution in [0.4, 0.5) is 41.6 Å². The fraction of sp³-hybridized carbons (Fsp3) is 0.353. The molecule has 0 aliphatic rings. The van der Waals surface area contributed by atoms with Crippen molar-refractivity contribution in [3.05, 3.63) is 41.0 Å². The minimum Gasteiger partial charge on any atom is -0.355 e. The van der Waals surface area contributed by atoms with E-state index in [1.54, 1.807) is 5.32 Å². The van der Waals surface area contributed by atoms with Crippen LogP contribution in [0.2, 0.25) is 0 Å². The SMILES string of the molecule is N#Cc1ccc(N(Cc2noc(CCNC(=O)NC(N)=O)n2)CC(F)(F)F)cc1C(F)(F)F. The second kappa shape index (κ2) is 10.1. The van der Waals surface area contributed by atoms with Crippen LogP contribution in [0.3, 0.4) is 0 Å². The summed E-state index contributed by atoms with van der Waals surface area (Å²) in [6.45, 7) is -2.39. The van der Waals surface area contributed by atoms with Gasteiger partial charge < -0.3 is 20.5 Å². The predicted molar refractivity (Wildman–Crippen MR) is 97.4 cm³/mol. The lowest BCUT2D eigenvalue weighted by molar-refractivity contribution is -0.137. The number of nitrogens with one attached hydrogen (secondary N) is 2. The Labute approximate surface area is 181 Å². The number of amides is 4. The number of carbonyl (C=O) groups excluding carboxylic acids is 2. The van der Waals surface area contributed by atoms with Crippen LogP contribution >= 0.6 is 0 Å². The van der Waals surface area contributed by atoms with Crippen molar-refractivity contribution in [2.75, 3.05) is 18.0 Å². The van der Waals surface area contributed by atoms with Crippen LogP contribution in [0.1, 0.15) is 22.8 Å². The Balaban J connectivity index is 2.18. The average molecular weight is 479 g/mol. The summed E-state index contributed by atoms with van der Waals surface area (Å²) in [6, 6.07) is 1.51. The number of aromatic nitrogens is 2. The van der Waals surface area contributed by atoms with Crippen molar-refractivity contribution in [2.24, 2.45) is 5.73 Å². The first-order valence-corrected chi connectivity index (χ1v) is 8.87. The zero-order valence-electron chi connectivity index (χ0n) is 16.4. The van der Waals surface area contributed by atoms with Crippen molar-refractivity contribution in [1.82, 2.24) is 20.8 Å². The molecule has 33 heavy (non-hydrogen) atoms. The topological polar surface area (TPSA) is 150 Å². The van der Waals surface area contributed by atoms with Gasteiger partial charge in [0.1, 0.15) is 6.54 Å². The highest BCUT2D eigenvalue weighted by Crippen LogP contribution is 2.35. The highest BCUT2D eigenvalue weighted by atomic mass is 19.4. The van der Waals surface area contributed by atoms with E-state index in [0.717, 1.165) is 12.1 Å². The van der Waals surface area contributed by atoms with Gasteiger partial charge in [-0.3, -0.25) is 5.32 Å². The maximum absolute atomic E-state index is 13.2. The van der Waals surface area contributed by atoms with E-state index in [0.29, 0.717) is 11.0 Å². The minimum atomic E-state index is -4.96. The molecule has 1 heterocycles. The molecule has 1 aromatic carbocycles. The van der Waals surface area contributed by atoms with Gasteiger partial charge in [-0.2, -0.15) is 36.6 Å². The Morgan fingerprint density at radius 3 is 2.48 bits per heavy atom. The summed E-state index contributed by atoms with van der Waals surface area (Å²) >= 11 is 0. The predicted octanol–water partition coefficient (Wildman–Crippen LogP) is 2.45.